The van der Waals surface area contributed by atoms with Gasteiger partial charge in [0.15, 0.2) is 5.76 Å². The lowest BCUT2D eigenvalue weighted by Gasteiger charge is -2.42. The Morgan fingerprint density at radius 3 is 2.91 bits per heavy atom. The second-order valence-corrected chi connectivity index (χ2v) is 6.69. The molecule has 0 radical (unpaired) electrons. The number of likely N-dealkylation sites (tertiary alicyclic amines) is 1. The summed E-state index contributed by atoms with van der Waals surface area (Å²) in [4.78, 5) is 6.58. The molecule has 2 aromatic rings. The van der Waals surface area contributed by atoms with E-state index in [1.807, 2.05) is 0 Å². The minimum Gasteiger partial charge on any atom is -0.439 e. The Kier molecular flexibility index (Phi) is 4.02. The van der Waals surface area contributed by atoms with Crippen LogP contribution in [0.2, 0.25) is 0 Å². The monoisotopic (exact) mass is 303 g/mol. The number of rotatable bonds is 3. The fourth-order valence-corrected chi connectivity index (χ4v) is 2.98. The number of hydrogen-bond donors (Lipinski definition) is 1. The summed E-state index contributed by atoms with van der Waals surface area (Å²) in [6.07, 6.45) is 2.56. The molecule has 4 nitrogen and oxygen atoms in total. The van der Waals surface area contributed by atoms with Gasteiger partial charge in [-0.15, -0.1) is 0 Å². The maximum absolute atomic E-state index is 13.8. The van der Waals surface area contributed by atoms with E-state index in [2.05, 4.69) is 23.7 Å². The van der Waals surface area contributed by atoms with Crippen LogP contribution in [0.1, 0.15) is 26.2 Å². The number of nitrogens with zero attached hydrogens (tertiary/aromatic N) is 2. The van der Waals surface area contributed by atoms with Crippen LogP contribution in [0.3, 0.4) is 0 Å². The summed E-state index contributed by atoms with van der Waals surface area (Å²) in [5.74, 6) is 0.792. The third kappa shape index (κ3) is 3.05. The van der Waals surface area contributed by atoms with E-state index in [4.69, 9.17) is 10.2 Å². The molecule has 1 aliphatic rings. The minimum atomic E-state index is -0.296. The zero-order valence-corrected chi connectivity index (χ0v) is 13.1. The molecule has 1 saturated heterocycles. The summed E-state index contributed by atoms with van der Waals surface area (Å²) in [7, 11) is 0. The highest BCUT2D eigenvalue weighted by Gasteiger charge is 2.33. The Morgan fingerprint density at radius 2 is 2.18 bits per heavy atom. The van der Waals surface area contributed by atoms with Crippen LogP contribution in [0.5, 0.6) is 0 Å². The van der Waals surface area contributed by atoms with E-state index in [-0.39, 0.29) is 17.3 Å². The first-order valence-electron chi connectivity index (χ1n) is 7.63. The number of benzene rings is 1. The number of nitrogens with two attached hydrogens (primary N) is 1. The van der Waals surface area contributed by atoms with Gasteiger partial charge < -0.3 is 10.2 Å². The highest BCUT2D eigenvalue weighted by molar-refractivity contribution is 5.56. The zero-order chi connectivity index (χ0) is 15.7. The molecule has 1 aromatic carbocycles. The van der Waals surface area contributed by atoms with Crippen LogP contribution in [0.25, 0.3) is 11.3 Å². The minimum absolute atomic E-state index is 0.0826. The Balaban J connectivity index is 1.72. The Bertz CT molecular complexity index is 653. The van der Waals surface area contributed by atoms with E-state index >= 15 is 0 Å². The number of piperidine rings is 1. The van der Waals surface area contributed by atoms with Crippen molar-refractivity contribution in [1.29, 1.82) is 0 Å². The molecule has 1 aromatic heterocycles. The van der Waals surface area contributed by atoms with E-state index < -0.39 is 0 Å². The Labute approximate surface area is 130 Å². The standard InChI is InChI=1S/C17H22FN3O/c1-17(2)11-21(8-7-15(17)19)10-16-20-9-14(22-16)12-5-3-4-6-13(12)18/h3-6,9,15H,7-8,10-11,19H2,1-2H3. The third-order valence-corrected chi connectivity index (χ3v) is 4.44. The number of hydrogen-bond acceptors (Lipinski definition) is 4. The zero-order valence-electron chi connectivity index (χ0n) is 13.1. The molecule has 2 heterocycles. The lowest BCUT2D eigenvalue weighted by molar-refractivity contribution is 0.0832. The maximum atomic E-state index is 13.8. The molecule has 5 heteroatoms. The first-order chi connectivity index (χ1) is 10.5. The van der Waals surface area contributed by atoms with E-state index in [1.54, 1.807) is 24.4 Å². The van der Waals surface area contributed by atoms with E-state index in [9.17, 15) is 4.39 Å². The Morgan fingerprint density at radius 1 is 1.41 bits per heavy atom. The van der Waals surface area contributed by atoms with Gasteiger partial charge in [-0.3, -0.25) is 4.90 Å². The van der Waals surface area contributed by atoms with Gasteiger partial charge in [0, 0.05) is 19.1 Å². The quantitative estimate of drug-likeness (QED) is 0.947. The molecule has 1 aliphatic heterocycles. The summed E-state index contributed by atoms with van der Waals surface area (Å²) >= 11 is 0. The predicted octanol–water partition coefficient (Wildman–Crippen LogP) is 3.04. The summed E-state index contributed by atoms with van der Waals surface area (Å²) in [5.41, 5.74) is 6.69. The molecule has 0 aliphatic carbocycles. The predicted molar refractivity (Wildman–Crippen MR) is 83.5 cm³/mol. The van der Waals surface area contributed by atoms with Gasteiger partial charge in [0.05, 0.1) is 18.3 Å². The van der Waals surface area contributed by atoms with Gasteiger partial charge >= 0.3 is 0 Å². The molecule has 0 saturated carbocycles. The van der Waals surface area contributed by atoms with Gasteiger partial charge in [0.2, 0.25) is 5.89 Å². The fraction of sp³-hybridized carbons (Fsp3) is 0.471. The van der Waals surface area contributed by atoms with Crippen molar-refractivity contribution in [3.63, 3.8) is 0 Å². The molecule has 1 atom stereocenters. The van der Waals surface area contributed by atoms with Crippen molar-refractivity contribution >= 4 is 0 Å². The Hall–Kier alpha value is -1.72. The van der Waals surface area contributed by atoms with Crippen LogP contribution in [0.4, 0.5) is 4.39 Å². The largest absolute Gasteiger partial charge is 0.439 e. The number of oxazole rings is 1. The first-order valence-corrected chi connectivity index (χ1v) is 7.63. The topological polar surface area (TPSA) is 55.3 Å². The molecule has 1 fully saturated rings. The van der Waals surface area contributed by atoms with E-state index in [0.29, 0.717) is 23.8 Å². The highest BCUT2D eigenvalue weighted by Crippen LogP contribution is 2.29. The average Bonchev–Trinajstić information content (AvgIpc) is 2.91. The van der Waals surface area contributed by atoms with Crippen molar-refractivity contribution in [2.24, 2.45) is 11.1 Å². The van der Waals surface area contributed by atoms with Crippen LogP contribution < -0.4 is 5.73 Å². The molecule has 3 rings (SSSR count). The number of aromatic nitrogens is 1. The molecule has 0 bridgehead atoms. The highest BCUT2D eigenvalue weighted by atomic mass is 19.1. The van der Waals surface area contributed by atoms with Gasteiger partial charge in [-0.25, -0.2) is 9.37 Å². The molecular weight excluding hydrogens is 281 g/mol. The van der Waals surface area contributed by atoms with Crippen molar-refractivity contribution in [2.45, 2.75) is 32.9 Å². The van der Waals surface area contributed by atoms with Crippen molar-refractivity contribution in [1.82, 2.24) is 9.88 Å². The van der Waals surface area contributed by atoms with Gasteiger partial charge in [-0.05, 0) is 24.0 Å². The first kappa shape index (κ1) is 15.2. The van der Waals surface area contributed by atoms with Gasteiger partial charge in [-0.2, -0.15) is 0 Å². The summed E-state index contributed by atoms with van der Waals surface area (Å²) in [6, 6.07) is 6.79. The molecule has 0 spiro atoms. The molecule has 22 heavy (non-hydrogen) atoms. The summed E-state index contributed by atoms with van der Waals surface area (Å²) in [6.45, 7) is 6.84. The SMILES string of the molecule is CC1(C)CN(Cc2ncc(-c3ccccc3F)o2)CCC1N. The number of halogens is 1. The van der Waals surface area contributed by atoms with Crippen LogP contribution in [-0.2, 0) is 6.54 Å². The maximum Gasteiger partial charge on any atom is 0.209 e. The van der Waals surface area contributed by atoms with Gasteiger partial charge in [0.1, 0.15) is 5.82 Å². The second kappa shape index (κ2) is 5.82. The summed E-state index contributed by atoms with van der Waals surface area (Å²) < 4.78 is 19.5. The van der Waals surface area contributed by atoms with E-state index in [0.717, 1.165) is 19.5 Å². The van der Waals surface area contributed by atoms with Crippen LogP contribution in [0.15, 0.2) is 34.9 Å². The van der Waals surface area contributed by atoms with Gasteiger partial charge in [-0.1, -0.05) is 26.0 Å². The molecule has 2 N–H and O–H groups in total. The van der Waals surface area contributed by atoms with Crippen molar-refractivity contribution < 1.29 is 8.81 Å². The normalized spacial score (nSPS) is 21.9. The second-order valence-electron chi connectivity index (χ2n) is 6.69. The van der Waals surface area contributed by atoms with Crippen LogP contribution in [0, 0.1) is 11.2 Å². The molecular formula is C17H22FN3O. The fourth-order valence-electron chi connectivity index (χ4n) is 2.98. The molecule has 118 valence electrons. The van der Waals surface area contributed by atoms with Crippen molar-refractivity contribution in [2.75, 3.05) is 13.1 Å². The smallest absolute Gasteiger partial charge is 0.209 e. The van der Waals surface area contributed by atoms with Crippen molar-refractivity contribution in [3.05, 3.63) is 42.2 Å². The van der Waals surface area contributed by atoms with Crippen LogP contribution in [-0.4, -0.2) is 29.0 Å². The van der Waals surface area contributed by atoms with E-state index in [1.165, 1.54) is 6.07 Å². The third-order valence-electron chi connectivity index (χ3n) is 4.44. The lowest BCUT2D eigenvalue weighted by Crippen LogP contribution is -2.52. The molecule has 1 unspecified atom stereocenters. The molecule has 0 amide bonds. The summed E-state index contributed by atoms with van der Waals surface area (Å²) in [5, 5.41) is 0. The average molecular weight is 303 g/mol. The van der Waals surface area contributed by atoms with Gasteiger partial charge in [0.25, 0.3) is 0 Å². The van der Waals surface area contributed by atoms with Crippen LogP contribution >= 0.6 is 0 Å². The van der Waals surface area contributed by atoms with Crippen molar-refractivity contribution in [3.8, 4) is 11.3 Å². The lowest BCUT2D eigenvalue weighted by atomic mass is 9.80.